The van der Waals surface area contributed by atoms with Crippen molar-refractivity contribution < 1.29 is 14.6 Å². The number of piperidine rings is 1. The van der Waals surface area contributed by atoms with E-state index in [1.807, 2.05) is 12.1 Å². The van der Waals surface area contributed by atoms with Crippen LogP contribution in [0, 0.1) is 11.9 Å². The fraction of sp³-hybridized carbons (Fsp3) is 0.316. The number of H-pyrrole nitrogens is 1. The molecule has 3 aromatic rings. The number of rotatable bonds is 3. The Kier molecular flexibility index (Phi) is 4.05. The molecule has 0 radical (unpaired) electrons. The summed E-state index contributed by atoms with van der Waals surface area (Å²) in [5.41, 5.74) is 1.88. The van der Waals surface area contributed by atoms with Gasteiger partial charge in [-0.2, -0.15) is 4.39 Å². The van der Waals surface area contributed by atoms with Gasteiger partial charge in [0.25, 0.3) is 0 Å². The zero-order valence-electron chi connectivity index (χ0n) is 13.7. The lowest BCUT2D eigenvalue weighted by Gasteiger charge is -2.32. The second-order valence-corrected chi connectivity index (χ2v) is 6.58. The van der Waals surface area contributed by atoms with Crippen molar-refractivity contribution in [2.75, 3.05) is 24.6 Å². The summed E-state index contributed by atoms with van der Waals surface area (Å²) >= 11 is 0. The first-order valence-electron chi connectivity index (χ1n) is 8.48. The SMILES string of the molecule is OCC1CCN(c2ccc(-c3cc4cc(O)ccc4[nH]3)c([18F])n2)CC1. The van der Waals surface area contributed by atoms with E-state index in [2.05, 4.69) is 14.9 Å². The van der Waals surface area contributed by atoms with Gasteiger partial charge in [-0.25, -0.2) is 4.98 Å². The monoisotopic (exact) mass is 340 g/mol. The van der Waals surface area contributed by atoms with E-state index in [0.717, 1.165) is 36.8 Å². The molecule has 1 aromatic carbocycles. The van der Waals surface area contributed by atoms with Crippen LogP contribution in [0.1, 0.15) is 12.8 Å². The van der Waals surface area contributed by atoms with E-state index in [0.29, 0.717) is 23.0 Å². The van der Waals surface area contributed by atoms with Crippen LogP contribution in [0.25, 0.3) is 22.2 Å². The van der Waals surface area contributed by atoms with E-state index in [1.54, 1.807) is 24.3 Å². The van der Waals surface area contributed by atoms with E-state index in [1.165, 1.54) is 0 Å². The van der Waals surface area contributed by atoms with E-state index in [-0.39, 0.29) is 12.4 Å². The molecular formula is C19H20FN3O2. The van der Waals surface area contributed by atoms with Crippen LogP contribution in [0.4, 0.5) is 10.2 Å². The number of hydrogen-bond acceptors (Lipinski definition) is 4. The molecule has 4 rings (SSSR count). The van der Waals surface area contributed by atoms with Crippen LogP contribution in [0.3, 0.4) is 0 Å². The molecule has 130 valence electrons. The summed E-state index contributed by atoms with van der Waals surface area (Å²) in [6.07, 6.45) is 1.79. The van der Waals surface area contributed by atoms with E-state index < -0.39 is 5.95 Å². The zero-order chi connectivity index (χ0) is 17.4. The number of aromatic nitrogens is 2. The largest absolute Gasteiger partial charge is 0.508 e. The quantitative estimate of drug-likeness (QED) is 0.640. The first-order chi connectivity index (χ1) is 12.1. The van der Waals surface area contributed by atoms with Gasteiger partial charge in [0, 0.05) is 30.6 Å². The number of aliphatic hydroxyl groups is 1. The van der Waals surface area contributed by atoms with Crippen LogP contribution in [0.5, 0.6) is 5.75 Å². The minimum absolute atomic E-state index is 0.179. The highest BCUT2D eigenvalue weighted by Gasteiger charge is 2.20. The normalized spacial score (nSPS) is 15.8. The molecule has 0 bridgehead atoms. The lowest BCUT2D eigenvalue weighted by molar-refractivity contribution is 0.202. The molecule has 1 aliphatic rings. The molecule has 0 unspecified atom stereocenters. The molecule has 3 N–H and O–H groups in total. The number of benzene rings is 1. The van der Waals surface area contributed by atoms with Gasteiger partial charge in [-0.15, -0.1) is 0 Å². The van der Waals surface area contributed by atoms with Gasteiger partial charge in [0.15, 0.2) is 0 Å². The average Bonchev–Trinajstić information content (AvgIpc) is 3.04. The van der Waals surface area contributed by atoms with Crippen molar-refractivity contribution >= 4 is 16.7 Å². The number of phenolic OH excluding ortho intramolecular Hbond substituents is 1. The molecule has 0 spiro atoms. The number of halogens is 1. The third-order valence-electron chi connectivity index (χ3n) is 4.93. The van der Waals surface area contributed by atoms with Gasteiger partial charge in [0.05, 0.1) is 11.3 Å². The minimum atomic E-state index is -0.516. The minimum Gasteiger partial charge on any atom is -0.508 e. The molecule has 2 aromatic heterocycles. The second-order valence-electron chi connectivity index (χ2n) is 6.58. The number of hydrogen-bond donors (Lipinski definition) is 3. The van der Waals surface area contributed by atoms with Crippen LogP contribution in [-0.4, -0.2) is 39.9 Å². The van der Waals surface area contributed by atoms with E-state index >= 15 is 0 Å². The van der Waals surface area contributed by atoms with Gasteiger partial charge in [-0.3, -0.25) is 0 Å². The summed E-state index contributed by atoms with van der Waals surface area (Å²) < 4.78 is 14.6. The molecular weight excluding hydrogens is 320 g/mol. The molecule has 25 heavy (non-hydrogen) atoms. The highest BCUT2D eigenvalue weighted by Crippen LogP contribution is 2.29. The molecule has 0 saturated carbocycles. The Bertz CT molecular complexity index is 901. The van der Waals surface area contributed by atoms with Crippen molar-refractivity contribution in [2.45, 2.75) is 12.8 Å². The van der Waals surface area contributed by atoms with Gasteiger partial charge < -0.3 is 20.1 Å². The Balaban J connectivity index is 1.61. The van der Waals surface area contributed by atoms with Crippen molar-refractivity contribution in [3.63, 3.8) is 0 Å². The predicted octanol–water partition coefficient (Wildman–Crippen LogP) is 3.28. The molecule has 0 amide bonds. The zero-order valence-corrected chi connectivity index (χ0v) is 13.7. The highest BCUT2D eigenvalue weighted by molar-refractivity contribution is 5.87. The van der Waals surface area contributed by atoms with Gasteiger partial charge in [0.1, 0.15) is 11.6 Å². The fourth-order valence-corrected chi connectivity index (χ4v) is 3.41. The number of pyridine rings is 1. The Morgan fingerprint density at radius 3 is 2.68 bits per heavy atom. The third-order valence-corrected chi connectivity index (χ3v) is 4.93. The summed E-state index contributed by atoms with van der Waals surface area (Å²) in [7, 11) is 0. The number of aromatic amines is 1. The number of nitrogens with one attached hydrogen (secondary N) is 1. The van der Waals surface area contributed by atoms with Crippen molar-refractivity contribution in [2.24, 2.45) is 5.92 Å². The van der Waals surface area contributed by atoms with E-state index in [9.17, 15) is 14.6 Å². The second kappa shape index (κ2) is 6.37. The third kappa shape index (κ3) is 3.05. The van der Waals surface area contributed by atoms with E-state index in [4.69, 9.17) is 0 Å². The Labute approximate surface area is 144 Å². The van der Waals surface area contributed by atoms with Gasteiger partial charge in [-0.1, -0.05) is 0 Å². The Morgan fingerprint density at radius 2 is 1.96 bits per heavy atom. The Hall–Kier alpha value is -2.60. The van der Waals surface area contributed by atoms with Gasteiger partial charge >= 0.3 is 0 Å². The van der Waals surface area contributed by atoms with Crippen LogP contribution in [0.2, 0.25) is 0 Å². The van der Waals surface area contributed by atoms with Crippen molar-refractivity contribution in [1.29, 1.82) is 0 Å². The Morgan fingerprint density at radius 1 is 1.16 bits per heavy atom. The number of nitrogens with zero attached hydrogens (tertiary/aromatic N) is 2. The number of fused-ring (bicyclic) bond motifs is 1. The topological polar surface area (TPSA) is 72.4 Å². The lowest BCUT2D eigenvalue weighted by atomic mass is 9.98. The summed E-state index contributed by atoms with van der Waals surface area (Å²) in [6, 6.07) is 10.4. The summed E-state index contributed by atoms with van der Waals surface area (Å²) in [6.45, 7) is 1.77. The molecule has 1 aliphatic heterocycles. The van der Waals surface area contributed by atoms with Crippen molar-refractivity contribution in [3.8, 4) is 17.0 Å². The summed E-state index contributed by atoms with van der Waals surface area (Å²) in [4.78, 5) is 9.36. The molecule has 3 heterocycles. The van der Waals surface area contributed by atoms with Gasteiger partial charge in [-0.05, 0) is 55.2 Å². The number of anilines is 1. The maximum atomic E-state index is 14.6. The summed E-state index contributed by atoms with van der Waals surface area (Å²) in [5, 5.41) is 19.6. The maximum Gasteiger partial charge on any atom is 0.224 e. The fourth-order valence-electron chi connectivity index (χ4n) is 3.41. The maximum absolute atomic E-state index is 14.6. The van der Waals surface area contributed by atoms with Crippen molar-refractivity contribution in [1.82, 2.24) is 9.97 Å². The predicted molar refractivity (Wildman–Crippen MR) is 95.2 cm³/mol. The highest BCUT2D eigenvalue weighted by atomic mass is 18.2. The smallest absolute Gasteiger partial charge is 0.224 e. The van der Waals surface area contributed by atoms with Gasteiger partial charge in [0.2, 0.25) is 5.95 Å². The van der Waals surface area contributed by atoms with Crippen LogP contribution >= 0.6 is 0 Å². The molecule has 6 heteroatoms. The molecule has 0 atom stereocenters. The standard InChI is InChI=1S/C19H20FN3O2/c20-19-15(17-10-13-9-14(25)1-3-16(13)21-17)2-4-18(22-19)23-7-5-12(11-24)6-8-23/h1-4,9-10,12,21,24-25H,5-8,11H2/i20-1. The summed E-state index contributed by atoms with van der Waals surface area (Å²) in [5.74, 6) is 0.630. The van der Waals surface area contributed by atoms with Crippen LogP contribution < -0.4 is 4.90 Å². The molecule has 1 saturated heterocycles. The van der Waals surface area contributed by atoms with Crippen LogP contribution in [-0.2, 0) is 0 Å². The number of aliphatic hydroxyl groups excluding tert-OH is 1. The first kappa shape index (κ1) is 15.9. The molecule has 1 fully saturated rings. The lowest BCUT2D eigenvalue weighted by Crippen LogP contribution is -2.35. The first-order valence-corrected chi connectivity index (χ1v) is 8.48. The number of phenols is 1. The number of aromatic hydroxyl groups is 1. The van der Waals surface area contributed by atoms with Crippen LogP contribution in [0.15, 0.2) is 36.4 Å². The molecule has 5 nitrogen and oxygen atoms in total. The van der Waals surface area contributed by atoms with Crippen molar-refractivity contribution in [3.05, 3.63) is 42.3 Å². The molecule has 0 aliphatic carbocycles. The average molecular weight is 340 g/mol.